The molecule has 116 valence electrons. The number of nitrogens with zero attached hydrogens (tertiary/aromatic N) is 1. The predicted octanol–water partition coefficient (Wildman–Crippen LogP) is 2.76. The van der Waals surface area contributed by atoms with E-state index in [1.165, 1.54) is 12.0 Å². The van der Waals surface area contributed by atoms with Gasteiger partial charge in [0.05, 0.1) is 18.4 Å². The summed E-state index contributed by atoms with van der Waals surface area (Å²) in [5.74, 6) is -0.0247. The Hall–Kier alpha value is -3.08. The first-order valence-corrected chi connectivity index (χ1v) is 7.14. The molecule has 0 fully saturated rings. The van der Waals surface area contributed by atoms with Gasteiger partial charge in [0.15, 0.2) is 0 Å². The van der Waals surface area contributed by atoms with Gasteiger partial charge in [0, 0.05) is 7.05 Å². The summed E-state index contributed by atoms with van der Waals surface area (Å²) < 4.78 is 5.16. The van der Waals surface area contributed by atoms with Gasteiger partial charge in [-0.15, -0.1) is 0 Å². The number of ether oxygens (including phenoxy) is 1. The van der Waals surface area contributed by atoms with Gasteiger partial charge in [-0.05, 0) is 29.8 Å². The van der Waals surface area contributed by atoms with Crippen molar-refractivity contribution in [1.82, 2.24) is 4.90 Å². The Morgan fingerprint density at radius 3 is 2.52 bits per heavy atom. The Labute approximate surface area is 134 Å². The molecule has 0 bridgehead atoms. The van der Waals surface area contributed by atoms with Crippen molar-refractivity contribution >= 4 is 23.6 Å². The van der Waals surface area contributed by atoms with Crippen molar-refractivity contribution in [2.45, 2.75) is 0 Å². The third-order valence-electron chi connectivity index (χ3n) is 3.71. The zero-order valence-electron chi connectivity index (χ0n) is 12.9. The molecule has 0 spiro atoms. The fourth-order valence-electron chi connectivity index (χ4n) is 2.43. The fraction of sp³-hybridized carbons (Fsp3) is 0.111. The number of methoxy groups -OCH3 is 1. The van der Waals surface area contributed by atoms with Gasteiger partial charge in [0.1, 0.15) is 11.4 Å². The largest absolute Gasteiger partial charge is 0.497 e. The second-order valence-electron chi connectivity index (χ2n) is 5.17. The third kappa shape index (κ3) is 2.81. The molecule has 1 aliphatic rings. The maximum atomic E-state index is 12.7. The number of anilines is 1. The van der Waals surface area contributed by atoms with Crippen LogP contribution in [0.5, 0.6) is 5.75 Å². The van der Waals surface area contributed by atoms with Crippen LogP contribution in [-0.4, -0.2) is 30.9 Å². The number of hydrogen-bond acceptors (Lipinski definition) is 3. The van der Waals surface area contributed by atoms with E-state index >= 15 is 0 Å². The normalized spacial score (nSPS) is 15.9. The number of benzene rings is 2. The molecule has 3 rings (SSSR count). The summed E-state index contributed by atoms with van der Waals surface area (Å²) >= 11 is 0. The van der Waals surface area contributed by atoms with Crippen molar-refractivity contribution in [2.75, 3.05) is 19.5 Å². The van der Waals surface area contributed by atoms with E-state index in [9.17, 15) is 9.59 Å². The number of fused-ring (bicyclic) bond motifs is 1. The summed E-state index contributed by atoms with van der Waals surface area (Å²) in [6.45, 7) is 0. The standard InChI is InChI=1S/C18H16N2O3/c1-20-16(10-12-6-4-3-5-7-12)17(21)19-15-9-8-13(23-2)11-14(15)18(20)22/h3-11H,1-2H3,(H,19,21)/b16-10-. The molecule has 1 heterocycles. The molecule has 0 saturated carbocycles. The van der Waals surface area contributed by atoms with Gasteiger partial charge in [-0.1, -0.05) is 30.3 Å². The van der Waals surface area contributed by atoms with Gasteiger partial charge in [0.2, 0.25) is 0 Å². The van der Waals surface area contributed by atoms with Crippen LogP contribution in [0.1, 0.15) is 15.9 Å². The Kier molecular flexibility index (Phi) is 3.85. The average Bonchev–Trinajstić information content (AvgIpc) is 2.66. The molecule has 0 aromatic heterocycles. The molecule has 2 aromatic rings. The molecule has 5 nitrogen and oxygen atoms in total. The summed E-state index contributed by atoms with van der Waals surface area (Å²) in [4.78, 5) is 26.5. The molecular weight excluding hydrogens is 292 g/mol. The number of carbonyl (C=O) groups excluding carboxylic acids is 2. The third-order valence-corrected chi connectivity index (χ3v) is 3.71. The highest BCUT2D eigenvalue weighted by Crippen LogP contribution is 2.28. The van der Waals surface area contributed by atoms with E-state index in [0.717, 1.165) is 5.56 Å². The summed E-state index contributed by atoms with van der Waals surface area (Å²) in [5, 5.41) is 2.78. The van der Waals surface area contributed by atoms with E-state index in [0.29, 0.717) is 17.0 Å². The minimum absolute atomic E-state index is 0.264. The van der Waals surface area contributed by atoms with E-state index in [4.69, 9.17) is 4.74 Å². The van der Waals surface area contributed by atoms with Crippen molar-refractivity contribution in [1.29, 1.82) is 0 Å². The molecule has 0 unspecified atom stereocenters. The first-order valence-electron chi connectivity index (χ1n) is 7.14. The van der Waals surface area contributed by atoms with Gasteiger partial charge in [0.25, 0.3) is 11.8 Å². The minimum atomic E-state index is -0.325. The lowest BCUT2D eigenvalue weighted by atomic mass is 10.1. The number of likely N-dealkylation sites (N-methyl/N-ethyl adjacent to an activating group) is 1. The van der Waals surface area contributed by atoms with Crippen LogP contribution in [0.15, 0.2) is 54.2 Å². The van der Waals surface area contributed by atoms with E-state index < -0.39 is 0 Å². The highest BCUT2D eigenvalue weighted by molar-refractivity contribution is 6.16. The SMILES string of the molecule is COc1ccc2c(c1)C(=O)N(C)/C(=C\c1ccccc1)C(=O)N2. The predicted molar refractivity (Wildman–Crippen MR) is 88.1 cm³/mol. The van der Waals surface area contributed by atoms with E-state index in [1.54, 1.807) is 31.3 Å². The van der Waals surface area contributed by atoms with Crippen molar-refractivity contribution in [2.24, 2.45) is 0 Å². The smallest absolute Gasteiger partial charge is 0.272 e. The molecule has 0 aliphatic carbocycles. The van der Waals surface area contributed by atoms with Crippen molar-refractivity contribution in [3.8, 4) is 5.75 Å². The maximum Gasteiger partial charge on any atom is 0.272 e. The van der Waals surface area contributed by atoms with Crippen LogP contribution in [0, 0.1) is 0 Å². The second-order valence-corrected chi connectivity index (χ2v) is 5.17. The second kappa shape index (κ2) is 5.96. The van der Waals surface area contributed by atoms with Gasteiger partial charge in [-0.2, -0.15) is 0 Å². The first-order chi connectivity index (χ1) is 11.1. The molecule has 0 saturated heterocycles. The zero-order chi connectivity index (χ0) is 16.4. The molecule has 23 heavy (non-hydrogen) atoms. The molecule has 1 N–H and O–H groups in total. The van der Waals surface area contributed by atoms with E-state index in [1.807, 2.05) is 30.3 Å². The number of nitrogens with one attached hydrogen (secondary N) is 1. The quantitative estimate of drug-likeness (QED) is 0.868. The van der Waals surface area contributed by atoms with Crippen LogP contribution in [0.2, 0.25) is 0 Å². The minimum Gasteiger partial charge on any atom is -0.497 e. The lowest BCUT2D eigenvalue weighted by Crippen LogP contribution is -2.29. The number of hydrogen-bond donors (Lipinski definition) is 1. The maximum absolute atomic E-state index is 12.7. The molecule has 2 aromatic carbocycles. The van der Waals surface area contributed by atoms with Crippen LogP contribution in [-0.2, 0) is 4.79 Å². The van der Waals surface area contributed by atoms with Crippen molar-refractivity contribution in [3.05, 3.63) is 65.4 Å². The average molecular weight is 308 g/mol. The van der Waals surface area contributed by atoms with Crippen molar-refractivity contribution in [3.63, 3.8) is 0 Å². The highest BCUT2D eigenvalue weighted by Gasteiger charge is 2.28. The van der Waals surface area contributed by atoms with Gasteiger partial charge >= 0.3 is 0 Å². The van der Waals surface area contributed by atoms with Gasteiger partial charge in [-0.3, -0.25) is 9.59 Å². The molecule has 1 aliphatic heterocycles. The topological polar surface area (TPSA) is 58.6 Å². The first kappa shape index (κ1) is 14.8. The van der Waals surface area contributed by atoms with Crippen molar-refractivity contribution < 1.29 is 14.3 Å². The number of rotatable bonds is 2. The molecular formula is C18H16N2O3. The number of carbonyl (C=O) groups is 2. The lowest BCUT2D eigenvalue weighted by molar-refractivity contribution is -0.113. The number of amides is 2. The van der Waals surface area contributed by atoms with Crippen LogP contribution in [0.4, 0.5) is 5.69 Å². The lowest BCUT2D eigenvalue weighted by Gasteiger charge is -2.16. The molecule has 2 amide bonds. The molecule has 5 heteroatoms. The van der Waals surface area contributed by atoms with Gasteiger partial charge in [-0.25, -0.2) is 0 Å². The molecule has 0 radical (unpaired) electrons. The van der Waals surface area contributed by atoms with Crippen LogP contribution >= 0.6 is 0 Å². The van der Waals surface area contributed by atoms with E-state index in [-0.39, 0.29) is 17.5 Å². The Bertz CT molecular complexity index is 797. The summed E-state index contributed by atoms with van der Waals surface area (Å²) in [5.41, 5.74) is 2.01. The van der Waals surface area contributed by atoms with Gasteiger partial charge < -0.3 is 15.0 Å². The highest BCUT2D eigenvalue weighted by atomic mass is 16.5. The monoisotopic (exact) mass is 308 g/mol. The summed E-state index contributed by atoms with van der Waals surface area (Å²) in [6.07, 6.45) is 1.69. The Balaban J connectivity index is 2.06. The van der Waals surface area contributed by atoms with Crippen LogP contribution in [0.25, 0.3) is 6.08 Å². The Morgan fingerprint density at radius 2 is 1.83 bits per heavy atom. The van der Waals surface area contributed by atoms with E-state index in [2.05, 4.69) is 5.32 Å². The Morgan fingerprint density at radius 1 is 1.09 bits per heavy atom. The van der Waals surface area contributed by atoms with Crippen LogP contribution < -0.4 is 10.1 Å². The summed E-state index contributed by atoms with van der Waals surface area (Å²) in [7, 11) is 3.12. The van der Waals surface area contributed by atoms with Crippen LogP contribution in [0.3, 0.4) is 0 Å². The zero-order valence-corrected chi connectivity index (χ0v) is 12.9. The summed E-state index contributed by atoms with van der Waals surface area (Å²) in [6, 6.07) is 14.4. The fourth-order valence-corrected chi connectivity index (χ4v) is 2.43. The molecule has 0 atom stereocenters.